The second kappa shape index (κ2) is 3.68. The van der Waals surface area contributed by atoms with Gasteiger partial charge in [-0.15, -0.1) is 0 Å². The zero-order valence-electron chi connectivity index (χ0n) is 9.83. The second-order valence-electron chi connectivity index (χ2n) is 5.49. The van der Waals surface area contributed by atoms with Gasteiger partial charge in [-0.25, -0.2) is 0 Å². The summed E-state index contributed by atoms with van der Waals surface area (Å²) in [4.78, 5) is 24.4. The molecule has 1 aliphatic carbocycles. The fourth-order valence-corrected chi connectivity index (χ4v) is 2.71. The molecule has 4 atom stereocenters. The number of nitrogens with zero attached hydrogens (tertiary/aromatic N) is 1. The van der Waals surface area contributed by atoms with Gasteiger partial charge in [0.25, 0.3) is 0 Å². The van der Waals surface area contributed by atoms with Crippen molar-refractivity contribution in [3.8, 4) is 0 Å². The highest BCUT2D eigenvalue weighted by molar-refractivity contribution is 5.91. The standard InChI is InChI=1S/C11H17NO5/c1-11(2)7(8(11)10(16)17)9(15)12-3-5(13)6(14)4-12/h5-8,13-14H,3-4H2,1-2H3,(H,16,17)/t5-,6+,7?,8?. The number of carbonyl (C=O) groups is 2. The highest BCUT2D eigenvalue weighted by Gasteiger charge is 2.67. The number of rotatable bonds is 2. The summed E-state index contributed by atoms with van der Waals surface area (Å²) in [5, 5.41) is 27.7. The van der Waals surface area contributed by atoms with E-state index in [1.165, 1.54) is 4.90 Å². The number of likely N-dealkylation sites (tertiary alicyclic amines) is 1. The third-order valence-electron chi connectivity index (χ3n) is 3.93. The van der Waals surface area contributed by atoms with Gasteiger partial charge < -0.3 is 20.2 Å². The van der Waals surface area contributed by atoms with Crippen LogP contribution >= 0.6 is 0 Å². The molecule has 6 nitrogen and oxygen atoms in total. The Morgan fingerprint density at radius 3 is 1.94 bits per heavy atom. The number of aliphatic hydroxyl groups is 2. The van der Waals surface area contributed by atoms with Gasteiger partial charge in [0.1, 0.15) is 0 Å². The molecule has 17 heavy (non-hydrogen) atoms. The Kier molecular flexibility index (Phi) is 2.67. The maximum Gasteiger partial charge on any atom is 0.307 e. The van der Waals surface area contributed by atoms with E-state index in [-0.39, 0.29) is 19.0 Å². The summed E-state index contributed by atoms with van der Waals surface area (Å²) in [6, 6.07) is 0. The molecule has 2 aliphatic rings. The number of hydrogen-bond donors (Lipinski definition) is 3. The Bertz CT molecular complexity index is 357. The first-order chi connectivity index (χ1) is 7.76. The van der Waals surface area contributed by atoms with E-state index in [1.54, 1.807) is 13.8 Å². The van der Waals surface area contributed by atoms with Crippen molar-refractivity contribution >= 4 is 11.9 Å². The molecule has 1 amide bonds. The fourth-order valence-electron chi connectivity index (χ4n) is 2.71. The molecule has 0 radical (unpaired) electrons. The lowest BCUT2D eigenvalue weighted by Gasteiger charge is -2.16. The summed E-state index contributed by atoms with van der Waals surface area (Å²) >= 11 is 0. The van der Waals surface area contributed by atoms with Gasteiger partial charge in [0, 0.05) is 13.1 Å². The summed E-state index contributed by atoms with van der Waals surface area (Å²) in [5.41, 5.74) is -0.540. The molecule has 1 aliphatic heterocycles. The van der Waals surface area contributed by atoms with E-state index in [1.807, 2.05) is 0 Å². The average Bonchev–Trinajstić information content (AvgIpc) is 2.63. The molecule has 6 heteroatoms. The van der Waals surface area contributed by atoms with Crippen LogP contribution in [0.4, 0.5) is 0 Å². The Balaban J connectivity index is 2.06. The van der Waals surface area contributed by atoms with Crippen molar-refractivity contribution in [1.82, 2.24) is 4.90 Å². The van der Waals surface area contributed by atoms with Crippen LogP contribution in [0.25, 0.3) is 0 Å². The van der Waals surface area contributed by atoms with Crippen molar-refractivity contribution in [2.45, 2.75) is 26.1 Å². The van der Waals surface area contributed by atoms with Crippen molar-refractivity contribution in [2.24, 2.45) is 17.3 Å². The molecule has 2 rings (SSSR count). The van der Waals surface area contributed by atoms with E-state index in [4.69, 9.17) is 5.11 Å². The first-order valence-electron chi connectivity index (χ1n) is 5.64. The van der Waals surface area contributed by atoms with Crippen LogP contribution in [0, 0.1) is 17.3 Å². The van der Waals surface area contributed by atoms with E-state index in [0.717, 1.165) is 0 Å². The van der Waals surface area contributed by atoms with Crippen LogP contribution in [0.1, 0.15) is 13.8 Å². The third-order valence-corrected chi connectivity index (χ3v) is 3.93. The number of carbonyl (C=O) groups excluding carboxylic acids is 1. The molecular formula is C11H17NO5. The molecule has 1 saturated heterocycles. The van der Waals surface area contributed by atoms with E-state index in [0.29, 0.717) is 0 Å². The number of β-amino-alcohol motifs (C(OH)–C–C–N with tert-alkyl or cyclic N) is 2. The van der Waals surface area contributed by atoms with Gasteiger partial charge in [0.2, 0.25) is 5.91 Å². The number of carboxylic acids is 1. The molecular weight excluding hydrogens is 226 g/mol. The van der Waals surface area contributed by atoms with E-state index < -0.39 is 35.4 Å². The number of hydrogen-bond acceptors (Lipinski definition) is 4. The van der Waals surface area contributed by atoms with Gasteiger partial charge in [-0.2, -0.15) is 0 Å². The summed E-state index contributed by atoms with van der Waals surface area (Å²) in [6.07, 6.45) is -1.85. The van der Waals surface area contributed by atoms with E-state index >= 15 is 0 Å². The monoisotopic (exact) mass is 243 g/mol. The zero-order valence-corrected chi connectivity index (χ0v) is 9.83. The molecule has 0 aromatic rings. The largest absolute Gasteiger partial charge is 0.481 e. The molecule has 3 N–H and O–H groups in total. The van der Waals surface area contributed by atoms with Crippen molar-refractivity contribution in [1.29, 1.82) is 0 Å². The van der Waals surface area contributed by atoms with Crippen LogP contribution in [-0.4, -0.2) is 57.4 Å². The maximum atomic E-state index is 12.1. The zero-order chi connectivity index (χ0) is 13.0. The summed E-state index contributed by atoms with van der Waals surface area (Å²) in [6.45, 7) is 3.66. The molecule has 0 bridgehead atoms. The summed E-state index contributed by atoms with van der Waals surface area (Å²) < 4.78 is 0. The lowest BCUT2D eigenvalue weighted by Crippen LogP contribution is -2.32. The molecule has 0 aromatic carbocycles. The Morgan fingerprint density at radius 2 is 1.59 bits per heavy atom. The van der Waals surface area contributed by atoms with Crippen LogP contribution in [-0.2, 0) is 9.59 Å². The second-order valence-corrected chi connectivity index (χ2v) is 5.49. The summed E-state index contributed by atoms with van der Waals surface area (Å²) in [5.74, 6) is -2.45. The molecule has 1 saturated carbocycles. The quantitative estimate of drug-likeness (QED) is 0.572. The topological polar surface area (TPSA) is 98.1 Å². The van der Waals surface area contributed by atoms with Gasteiger partial charge in [-0.3, -0.25) is 9.59 Å². The van der Waals surface area contributed by atoms with Gasteiger partial charge in [-0.05, 0) is 5.41 Å². The minimum atomic E-state index is -0.964. The van der Waals surface area contributed by atoms with Crippen molar-refractivity contribution < 1.29 is 24.9 Å². The maximum absolute atomic E-state index is 12.1. The van der Waals surface area contributed by atoms with E-state index in [9.17, 15) is 19.8 Å². The molecule has 2 fully saturated rings. The van der Waals surface area contributed by atoms with Crippen molar-refractivity contribution in [3.63, 3.8) is 0 Å². The van der Waals surface area contributed by atoms with Crippen LogP contribution in [0.3, 0.4) is 0 Å². The molecule has 0 spiro atoms. The fraction of sp³-hybridized carbons (Fsp3) is 0.818. The highest BCUT2D eigenvalue weighted by atomic mass is 16.4. The minimum Gasteiger partial charge on any atom is -0.481 e. The van der Waals surface area contributed by atoms with Gasteiger partial charge in [-0.1, -0.05) is 13.8 Å². The predicted molar refractivity (Wildman–Crippen MR) is 57.0 cm³/mol. The van der Waals surface area contributed by atoms with Gasteiger partial charge in [0.15, 0.2) is 0 Å². The first-order valence-corrected chi connectivity index (χ1v) is 5.64. The first kappa shape index (κ1) is 12.3. The van der Waals surface area contributed by atoms with E-state index in [2.05, 4.69) is 0 Å². The Hall–Kier alpha value is -1.14. The Morgan fingerprint density at radius 1 is 1.12 bits per heavy atom. The highest BCUT2D eigenvalue weighted by Crippen LogP contribution is 2.59. The molecule has 96 valence electrons. The molecule has 1 heterocycles. The smallest absolute Gasteiger partial charge is 0.307 e. The minimum absolute atomic E-state index is 0.0823. The van der Waals surface area contributed by atoms with Crippen molar-refractivity contribution in [3.05, 3.63) is 0 Å². The SMILES string of the molecule is CC1(C)C(C(=O)O)C1C(=O)N1C[C@@H](O)[C@@H](O)C1. The number of amides is 1. The number of carboxylic acid groups (broad SMARTS) is 1. The van der Waals surface area contributed by atoms with Crippen LogP contribution < -0.4 is 0 Å². The molecule has 0 aromatic heterocycles. The lowest BCUT2D eigenvalue weighted by atomic mass is 10.1. The normalized spacial score (nSPS) is 39.2. The number of aliphatic carboxylic acids is 1. The van der Waals surface area contributed by atoms with Crippen molar-refractivity contribution in [2.75, 3.05) is 13.1 Å². The van der Waals surface area contributed by atoms with Gasteiger partial charge in [0.05, 0.1) is 24.0 Å². The van der Waals surface area contributed by atoms with Gasteiger partial charge >= 0.3 is 5.97 Å². The van der Waals surface area contributed by atoms with Crippen LogP contribution in [0.5, 0.6) is 0 Å². The molecule has 2 unspecified atom stereocenters. The van der Waals surface area contributed by atoms with Crippen LogP contribution in [0.15, 0.2) is 0 Å². The number of aliphatic hydroxyl groups excluding tert-OH is 2. The summed E-state index contributed by atoms with van der Waals surface area (Å²) in [7, 11) is 0. The lowest BCUT2D eigenvalue weighted by molar-refractivity contribution is -0.141. The third kappa shape index (κ3) is 1.81. The average molecular weight is 243 g/mol. The predicted octanol–water partition coefficient (Wildman–Crippen LogP) is -1.09. The van der Waals surface area contributed by atoms with Crippen LogP contribution in [0.2, 0.25) is 0 Å². The Labute approximate surface area is 98.8 Å².